The average molecular weight is 824 g/mol. The summed E-state index contributed by atoms with van der Waals surface area (Å²) < 4.78 is 90.9. The van der Waals surface area contributed by atoms with Gasteiger partial charge in [-0.3, -0.25) is 19.1 Å². The smallest absolute Gasteiger partial charge is 0.427 e. The molecule has 1 aromatic heterocycles. The molecule has 4 aliphatic rings. The van der Waals surface area contributed by atoms with Crippen molar-refractivity contribution in [2.45, 2.75) is 119 Å². The van der Waals surface area contributed by atoms with E-state index in [1.807, 2.05) is 0 Å². The van der Waals surface area contributed by atoms with Crippen LogP contribution in [0.15, 0.2) is 42.6 Å². The molecule has 6 atom stereocenters. The zero-order valence-electron chi connectivity index (χ0n) is 32.3. The van der Waals surface area contributed by atoms with Crippen LogP contribution in [0.4, 0.5) is 18.0 Å². The second-order valence-electron chi connectivity index (χ2n) is 15.7. The van der Waals surface area contributed by atoms with E-state index < -0.39 is 86.1 Å². The molecule has 3 fully saturated rings. The molecule has 0 spiro atoms. The van der Waals surface area contributed by atoms with Gasteiger partial charge in [0, 0.05) is 30.5 Å². The molecule has 0 radical (unpaired) electrons. The number of benzene rings is 1. The number of fused-ring (bicyclic) bond motifs is 3. The van der Waals surface area contributed by atoms with Crippen LogP contribution in [0.3, 0.4) is 0 Å². The standard InChI is InChI=1S/C38H48F3N5O10S/c1-6-28-29(43-34(50)56-35(2,3)38(39,40)41)32(48)46-21-25(55-31-26-12-11-24(53-5)18-22(26)13-16-42-31)19-27(46)30(47)44-37(20-23(37)10-8-7-9-17-54-28)33(49)45-57(51,52)36(4)14-15-36/h8,10-13,16,18,23,25,27-29H,6-7,9,14-15,17,19-21H2,1-5H3,(H,43,50)(H,44,47)(H,45,49)/b10-8-/t23-,25-,27+,28+,29+,37-/m1/s1. The molecule has 2 aliphatic heterocycles. The number of hydrogen-bond donors (Lipinski definition) is 3. The third kappa shape index (κ3) is 8.63. The summed E-state index contributed by atoms with van der Waals surface area (Å²) in [7, 11) is -2.56. The summed E-state index contributed by atoms with van der Waals surface area (Å²) in [4.78, 5) is 61.6. The number of carbonyl (C=O) groups excluding carboxylic acids is 4. The van der Waals surface area contributed by atoms with E-state index in [1.54, 1.807) is 43.3 Å². The van der Waals surface area contributed by atoms with Crippen molar-refractivity contribution in [2.24, 2.45) is 5.92 Å². The van der Waals surface area contributed by atoms with Crippen molar-refractivity contribution < 1.29 is 59.7 Å². The average Bonchev–Trinajstić information content (AvgIpc) is 4.02. The van der Waals surface area contributed by atoms with Gasteiger partial charge >= 0.3 is 12.3 Å². The van der Waals surface area contributed by atoms with E-state index >= 15 is 0 Å². The van der Waals surface area contributed by atoms with Crippen molar-refractivity contribution in [3.05, 3.63) is 42.6 Å². The van der Waals surface area contributed by atoms with Crippen molar-refractivity contribution in [3.8, 4) is 11.6 Å². The number of aromatic nitrogens is 1. The highest BCUT2D eigenvalue weighted by Gasteiger charge is 2.63. The fraction of sp³-hybridized carbons (Fsp3) is 0.605. The van der Waals surface area contributed by atoms with Crippen molar-refractivity contribution in [1.29, 1.82) is 0 Å². The number of sulfonamides is 1. The Bertz CT molecular complexity index is 2040. The number of alkyl halides is 3. The largest absolute Gasteiger partial charge is 0.497 e. The van der Waals surface area contributed by atoms with Crippen LogP contribution in [0, 0.1) is 5.92 Å². The summed E-state index contributed by atoms with van der Waals surface area (Å²) in [6.07, 6.45) is -1.75. The SMILES string of the molecule is CC[C@@H]1OCCC/C=C\[C@@H]2C[C@@]2(C(=O)NS(=O)(=O)C2(C)CC2)NC(=O)[C@@H]2C[C@@H](Oc3nccc4cc(OC)ccc34)CN2C(=O)[C@H]1NC(=O)OC(C)(C)C(F)(F)F. The van der Waals surface area contributed by atoms with E-state index in [2.05, 4.69) is 20.3 Å². The summed E-state index contributed by atoms with van der Waals surface area (Å²) >= 11 is 0. The Balaban J connectivity index is 1.35. The number of nitrogens with zero attached hydrogens (tertiary/aromatic N) is 2. The first kappa shape index (κ1) is 42.0. The zero-order chi connectivity index (χ0) is 41.6. The van der Waals surface area contributed by atoms with Crippen LogP contribution < -0.4 is 24.8 Å². The lowest BCUT2D eigenvalue weighted by molar-refractivity contribution is -0.244. The second kappa shape index (κ2) is 15.6. The van der Waals surface area contributed by atoms with Gasteiger partial charge in [-0.05, 0) is 88.9 Å². The molecule has 57 heavy (non-hydrogen) atoms. The number of hydrogen-bond acceptors (Lipinski definition) is 11. The highest BCUT2D eigenvalue weighted by Crippen LogP contribution is 2.47. The van der Waals surface area contributed by atoms with Gasteiger partial charge in [0.2, 0.25) is 33.3 Å². The molecule has 19 heteroatoms. The molecule has 2 aliphatic carbocycles. The third-order valence-electron chi connectivity index (χ3n) is 11.2. The summed E-state index contributed by atoms with van der Waals surface area (Å²) in [6, 6.07) is 3.98. The number of allylic oxidation sites excluding steroid dienone is 1. The van der Waals surface area contributed by atoms with Gasteiger partial charge in [0.15, 0.2) is 0 Å². The number of carbonyl (C=O) groups is 4. The molecular formula is C38H48F3N5O10S. The number of ether oxygens (including phenoxy) is 4. The Morgan fingerprint density at radius 1 is 1.16 bits per heavy atom. The summed E-state index contributed by atoms with van der Waals surface area (Å²) in [5.74, 6) is -2.41. The monoisotopic (exact) mass is 823 g/mol. The van der Waals surface area contributed by atoms with Gasteiger partial charge in [0.1, 0.15) is 29.5 Å². The van der Waals surface area contributed by atoms with Crippen molar-refractivity contribution in [1.82, 2.24) is 25.2 Å². The van der Waals surface area contributed by atoms with Crippen LogP contribution >= 0.6 is 0 Å². The topological polar surface area (TPSA) is 192 Å². The van der Waals surface area contributed by atoms with E-state index in [0.29, 0.717) is 50.7 Å². The number of pyridine rings is 1. The molecule has 0 unspecified atom stereocenters. The highest BCUT2D eigenvalue weighted by molar-refractivity contribution is 7.91. The molecule has 2 aromatic rings. The Morgan fingerprint density at radius 3 is 2.56 bits per heavy atom. The first-order valence-electron chi connectivity index (χ1n) is 18.9. The Morgan fingerprint density at radius 2 is 1.89 bits per heavy atom. The minimum atomic E-state index is -4.94. The Kier molecular flexibility index (Phi) is 11.5. The van der Waals surface area contributed by atoms with Gasteiger partial charge in [-0.1, -0.05) is 19.1 Å². The maximum absolute atomic E-state index is 14.7. The fourth-order valence-corrected chi connectivity index (χ4v) is 8.34. The van der Waals surface area contributed by atoms with E-state index in [-0.39, 0.29) is 38.3 Å². The van der Waals surface area contributed by atoms with E-state index in [0.717, 1.165) is 10.3 Å². The summed E-state index contributed by atoms with van der Waals surface area (Å²) in [6.45, 7) is 4.35. The molecule has 2 saturated carbocycles. The maximum Gasteiger partial charge on any atom is 0.427 e. The molecule has 4 amide bonds. The molecule has 1 aromatic carbocycles. The second-order valence-corrected chi connectivity index (χ2v) is 17.9. The first-order chi connectivity index (χ1) is 26.7. The Hall–Kier alpha value is -4.65. The molecule has 6 rings (SSSR count). The predicted molar refractivity (Wildman–Crippen MR) is 198 cm³/mol. The zero-order valence-corrected chi connectivity index (χ0v) is 33.1. The van der Waals surface area contributed by atoms with E-state index in [1.165, 1.54) is 20.2 Å². The van der Waals surface area contributed by atoms with Crippen LogP contribution in [0.25, 0.3) is 10.8 Å². The Labute approximate surface area is 328 Å². The number of methoxy groups -OCH3 is 1. The number of alkyl carbamates (subject to hydrolysis) is 1. The number of halogens is 3. The predicted octanol–water partition coefficient (Wildman–Crippen LogP) is 4.05. The van der Waals surface area contributed by atoms with Gasteiger partial charge in [-0.25, -0.2) is 18.2 Å². The highest BCUT2D eigenvalue weighted by atomic mass is 32.2. The molecule has 1 saturated heterocycles. The summed E-state index contributed by atoms with van der Waals surface area (Å²) in [5, 5.41) is 6.38. The van der Waals surface area contributed by atoms with Crippen LogP contribution in [0.1, 0.15) is 72.6 Å². The van der Waals surface area contributed by atoms with E-state index in [4.69, 9.17) is 18.9 Å². The molecule has 0 bridgehead atoms. The van der Waals surface area contributed by atoms with Gasteiger partial charge < -0.3 is 34.5 Å². The molecule has 3 heterocycles. The molecule has 312 valence electrons. The van der Waals surface area contributed by atoms with Gasteiger partial charge in [0.05, 0.1) is 24.5 Å². The minimum absolute atomic E-state index is 0.0778. The molecule has 3 N–H and O–H groups in total. The lowest BCUT2D eigenvalue weighted by atomic mass is 10.1. The van der Waals surface area contributed by atoms with Crippen molar-refractivity contribution in [2.75, 3.05) is 20.3 Å². The molecule has 15 nitrogen and oxygen atoms in total. The van der Waals surface area contributed by atoms with Crippen molar-refractivity contribution >= 4 is 44.6 Å². The minimum Gasteiger partial charge on any atom is -0.497 e. The maximum atomic E-state index is 14.7. The number of nitrogens with one attached hydrogen (secondary N) is 3. The van der Waals surface area contributed by atoms with Crippen LogP contribution in [-0.4, -0.2) is 109 Å². The molecular weight excluding hydrogens is 776 g/mol. The van der Waals surface area contributed by atoms with Crippen LogP contribution in [0.2, 0.25) is 0 Å². The van der Waals surface area contributed by atoms with Gasteiger partial charge in [-0.2, -0.15) is 13.2 Å². The van der Waals surface area contributed by atoms with Gasteiger partial charge in [0.25, 0.3) is 5.91 Å². The number of amides is 4. The first-order valence-corrected chi connectivity index (χ1v) is 20.4. The van der Waals surface area contributed by atoms with Gasteiger partial charge in [-0.15, -0.1) is 0 Å². The fourth-order valence-electron chi connectivity index (χ4n) is 7.03. The normalized spacial score (nSPS) is 28.4. The third-order valence-corrected chi connectivity index (χ3v) is 13.4. The lowest BCUT2D eigenvalue weighted by Crippen LogP contribution is -2.61. The van der Waals surface area contributed by atoms with Crippen LogP contribution in [-0.2, 0) is 33.9 Å². The van der Waals surface area contributed by atoms with E-state index in [9.17, 15) is 40.8 Å². The quantitative estimate of drug-likeness (QED) is 0.310. The summed E-state index contributed by atoms with van der Waals surface area (Å²) in [5.41, 5.74) is -4.58. The lowest BCUT2D eigenvalue weighted by Gasteiger charge is -2.34. The number of rotatable bonds is 9. The van der Waals surface area contributed by atoms with Crippen LogP contribution in [0.5, 0.6) is 11.6 Å². The van der Waals surface area contributed by atoms with Crippen molar-refractivity contribution in [3.63, 3.8) is 0 Å².